The average Bonchev–Trinajstić information content (AvgIpc) is 0.757. The topological polar surface area (TPSA) is 19.4 Å². The van der Waals surface area contributed by atoms with Crippen LogP contribution in [-0.4, -0.2) is 21.1 Å². The van der Waals surface area contributed by atoms with Crippen LogP contribution < -0.4 is 29.4 Å². The molecule has 0 fully saturated rings. The van der Waals surface area contributed by atoms with Gasteiger partial charge in [0.25, 0.3) is 0 Å². The first kappa shape index (κ1) is 87.2. The molecular formula is C131H102N6. The fraction of sp³-hybridized carbons (Fsp3) is 0.0229. The smallest absolute Gasteiger partial charge is 0.0567 e. The van der Waals surface area contributed by atoms with Crippen LogP contribution in [0.25, 0.3) is 111 Å². The molecule has 0 aliphatic carbocycles. The Bertz CT molecular complexity index is 7360. The van der Waals surface area contributed by atoms with E-state index in [1.807, 2.05) is 0 Å². The number of anilines is 15. The number of hydrogen-bond donors (Lipinski definition) is 0. The van der Waals surface area contributed by atoms with Crippen molar-refractivity contribution in [3.05, 3.63) is 564 Å². The van der Waals surface area contributed by atoms with Crippen LogP contribution in [0, 0.1) is 0 Å². The monoisotopic (exact) mass is 1760 g/mol. The predicted molar refractivity (Wildman–Crippen MR) is 585 cm³/mol. The molecule has 6 nitrogen and oxygen atoms in total. The molecule has 0 saturated heterocycles. The highest BCUT2D eigenvalue weighted by atomic mass is 15.2. The quantitative estimate of drug-likeness (QED) is 0.0590. The summed E-state index contributed by atoms with van der Waals surface area (Å²) < 4.78 is 0. The van der Waals surface area contributed by atoms with Gasteiger partial charge in [0, 0.05) is 112 Å². The van der Waals surface area contributed by atoms with E-state index in [0.29, 0.717) is 0 Å². The van der Waals surface area contributed by atoms with Crippen molar-refractivity contribution >= 4 is 107 Å². The van der Waals surface area contributed by atoms with E-state index in [1.165, 1.54) is 116 Å². The Morgan fingerprint density at radius 2 is 0.270 bits per heavy atom. The van der Waals surface area contributed by atoms with Crippen molar-refractivity contribution in [3.63, 3.8) is 0 Å². The number of nitrogens with zero attached hydrogens (tertiary/aromatic N) is 6. The van der Waals surface area contributed by atoms with Crippen molar-refractivity contribution in [1.29, 1.82) is 0 Å². The maximum absolute atomic E-state index is 2.33. The van der Waals surface area contributed by atoms with Crippen LogP contribution in [0.5, 0.6) is 0 Å². The molecule has 656 valence electrons. The van der Waals surface area contributed by atoms with E-state index >= 15 is 0 Å². The van der Waals surface area contributed by atoms with E-state index in [9.17, 15) is 0 Å². The minimum Gasteiger partial charge on any atom is -0.345 e. The van der Waals surface area contributed by atoms with Crippen molar-refractivity contribution in [2.24, 2.45) is 0 Å². The number of hydrogen-bond acceptors (Lipinski definition) is 6. The third-order valence-electron chi connectivity index (χ3n) is 25.7. The molecule has 22 aromatic carbocycles. The Hall–Kier alpha value is -17.8. The standard InChI is InChI=1S/C45H34N2.2C43H34N2/c1-46(45-43-18-10-8-16-37(43)32-38-17-9-11-19-44(38)45)39-28-30-42(31-29-39)47(40-24-20-35(21-25-40)33-12-4-2-5-13-33)41-26-22-36(23-27-41)34-14-6-3-7-15-34;1-44(43-19-11-18-38(32-43)35-16-9-4-10-17-35)39-28-30-42(31-29-39)45(40-24-20-36(21-25-40)33-12-5-2-6-13-33)41-26-22-37(23-27-41)34-14-7-3-8-15-34;1-44(39-23-17-36(18-24-39)33-11-5-2-6-12-33)40-29-31-43(32-30-40)45(41-25-19-37(20-26-41)34-13-7-3-8-14-34)42-27-21-38(22-28-42)35-15-9-4-10-16-35/h2-32H,1H3;2*2-32H,1H3. The molecule has 0 aliphatic heterocycles. The highest BCUT2D eigenvalue weighted by Gasteiger charge is 2.22. The fourth-order valence-electron chi connectivity index (χ4n) is 18.2. The summed E-state index contributed by atoms with van der Waals surface area (Å²) in [5.74, 6) is 0. The average molecular weight is 1760 g/mol. The molecule has 0 atom stereocenters. The Morgan fingerprint density at radius 3 is 0.504 bits per heavy atom. The summed E-state index contributed by atoms with van der Waals surface area (Å²) in [5.41, 5.74) is 36.2. The van der Waals surface area contributed by atoms with Gasteiger partial charge in [-0.1, -0.05) is 388 Å². The summed E-state index contributed by atoms with van der Waals surface area (Å²) >= 11 is 0. The molecular weight excluding hydrogens is 1660 g/mol. The Labute approximate surface area is 805 Å². The Balaban J connectivity index is 0.000000127. The van der Waals surface area contributed by atoms with Gasteiger partial charge in [-0.15, -0.1) is 0 Å². The highest BCUT2D eigenvalue weighted by Crippen LogP contribution is 2.46. The first-order valence-electron chi connectivity index (χ1n) is 46.7. The molecule has 0 N–H and O–H groups in total. The van der Waals surface area contributed by atoms with E-state index in [2.05, 4.69) is 615 Å². The molecule has 0 bridgehead atoms. The van der Waals surface area contributed by atoms with Crippen molar-refractivity contribution in [1.82, 2.24) is 0 Å². The SMILES string of the molecule is CN(c1ccc(-c2ccccc2)cc1)c1ccc(N(c2ccc(-c3ccccc3)cc2)c2ccc(-c3ccccc3)cc2)cc1.CN(c1ccc(N(c2ccc(-c3ccccc3)cc2)c2ccc(-c3ccccc3)cc2)cc1)c1c2ccccc2cc2ccccc12.CN(c1ccc(N(c2ccc(-c3ccccc3)cc2)c2ccc(-c3ccccc3)cc2)cc1)c1cccc(-c2ccccc2)c1. The van der Waals surface area contributed by atoms with Crippen LogP contribution in [0.2, 0.25) is 0 Å². The second kappa shape index (κ2) is 41.3. The molecule has 0 saturated carbocycles. The zero-order valence-electron chi connectivity index (χ0n) is 76.9. The van der Waals surface area contributed by atoms with Crippen molar-refractivity contribution in [3.8, 4) is 89.0 Å². The van der Waals surface area contributed by atoms with Gasteiger partial charge in [-0.3, -0.25) is 0 Å². The third kappa shape index (κ3) is 20.0. The first-order chi connectivity index (χ1) is 67.7. The maximum Gasteiger partial charge on any atom is 0.0567 e. The Morgan fingerprint density at radius 1 is 0.109 bits per heavy atom. The molecule has 0 aliphatic rings. The van der Waals surface area contributed by atoms with Crippen LogP contribution in [-0.2, 0) is 0 Å². The summed E-state index contributed by atoms with van der Waals surface area (Å²) in [4.78, 5) is 13.8. The van der Waals surface area contributed by atoms with Gasteiger partial charge in [-0.05, 0) is 276 Å². The molecule has 0 radical (unpaired) electrons. The summed E-state index contributed by atoms with van der Waals surface area (Å²) in [6, 6.07) is 201. The predicted octanol–water partition coefficient (Wildman–Crippen LogP) is 36.4. The second-order valence-electron chi connectivity index (χ2n) is 34.2. The summed E-state index contributed by atoms with van der Waals surface area (Å²) in [5, 5.41) is 4.98. The molecule has 22 rings (SSSR count). The van der Waals surface area contributed by atoms with E-state index < -0.39 is 0 Å². The lowest BCUT2D eigenvalue weighted by molar-refractivity contribution is 1.20. The van der Waals surface area contributed by atoms with Crippen LogP contribution >= 0.6 is 0 Å². The van der Waals surface area contributed by atoms with Gasteiger partial charge >= 0.3 is 0 Å². The minimum atomic E-state index is 1.10. The van der Waals surface area contributed by atoms with Gasteiger partial charge < -0.3 is 29.4 Å². The van der Waals surface area contributed by atoms with E-state index in [1.54, 1.807) is 0 Å². The lowest BCUT2D eigenvalue weighted by atomic mass is 10.00. The summed E-state index contributed by atoms with van der Waals surface area (Å²) in [7, 11) is 6.42. The molecule has 0 spiro atoms. The molecule has 0 unspecified atom stereocenters. The van der Waals surface area contributed by atoms with Gasteiger partial charge in [-0.2, -0.15) is 0 Å². The zero-order valence-corrected chi connectivity index (χ0v) is 76.9. The lowest BCUT2D eigenvalue weighted by Gasteiger charge is -2.28. The van der Waals surface area contributed by atoms with Gasteiger partial charge in [0.15, 0.2) is 0 Å². The minimum absolute atomic E-state index is 1.10. The van der Waals surface area contributed by atoms with Crippen LogP contribution in [0.15, 0.2) is 564 Å². The van der Waals surface area contributed by atoms with Crippen LogP contribution in [0.4, 0.5) is 85.3 Å². The maximum atomic E-state index is 2.33. The number of fused-ring (bicyclic) bond motifs is 2. The third-order valence-corrected chi connectivity index (χ3v) is 25.7. The van der Waals surface area contributed by atoms with Crippen LogP contribution in [0.1, 0.15) is 0 Å². The first-order valence-corrected chi connectivity index (χ1v) is 46.7. The molecule has 137 heavy (non-hydrogen) atoms. The fourth-order valence-corrected chi connectivity index (χ4v) is 18.2. The van der Waals surface area contributed by atoms with E-state index in [4.69, 9.17) is 0 Å². The number of benzene rings is 22. The molecule has 6 heteroatoms. The zero-order chi connectivity index (χ0) is 92.4. The normalized spacial score (nSPS) is 10.9. The van der Waals surface area contributed by atoms with Crippen molar-refractivity contribution in [2.75, 3.05) is 50.5 Å². The lowest BCUT2D eigenvalue weighted by Crippen LogP contribution is -2.12. The summed E-state index contributed by atoms with van der Waals surface area (Å²) in [6.45, 7) is 0. The van der Waals surface area contributed by atoms with E-state index in [0.717, 1.165) is 79.6 Å². The highest BCUT2D eigenvalue weighted by molar-refractivity contribution is 6.12. The molecule has 0 amide bonds. The van der Waals surface area contributed by atoms with E-state index in [-0.39, 0.29) is 0 Å². The largest absolute Gasteiger partial charge is 0.345 e. The van der Waals surface area contributed by atoms with Crippen molar-refractivity contribution < 1.29 is 0 Å². The van der Waals surface area contributed by atoms with Gasteiger partial charge in [-0.25, -0.2) is 0 Å². The van der Waals surface area contributed by atoms with Crippen molar-refractivity contribution in [2.45, 2.75) is 0 Å². The second-order valence-corrected chi connectivity index (χ2v) is 34.2. The molecule has 22 aromatic rings. The van der Waals surface area contributed by atoms with Crippen LogP contribution in [0.3, 0.4) is 0 Å². The molecule has 0 heterocycles. The van der Waals surface area contributed by atoms with Gasteiger partial charge in [0.2, 0.25) is 0 Å². The number of rotatable bonds is 23. The van der Waals surface area contributed by atoms with Gasteiger partial charge in [0.1, 0.15) is 0 Å². The molecule has 0 aromatic heterocycles. The summed E-state index contributed by atoms with van der Waals surface area (Å²) in [6.07, 6.45) is 0. The Kier molecular flexibility index (Phi) is 26.3. The van der Waals surface area contributed by atoms with Gasteiger partial charge in [0.05, 0.1) is 5.69 Å².